The van der Waals surface area contributed by atoms with Crippen molar-refractivity contribution in [2.75, 3.05) is 20.2 Å². The zero-order valence-corrected chi connectivity index (χ0v) is 15.2. The van der Waals surface area contributed by atoms with Gasteiger partial charge in [0.2, 0.25) is 15.9 Å². The molecule has 1 fully saturated rings. The average Bonchev–Trinajstić information content (AvgIpc) is 2.62. The molecule has 2 aromatic carbocycles. The molecule has 0 spiro atoms. The van der Waals surface area contributed by atoms with Crippen LogP contribution < -0.4 is 10.1 Å². The van der Waals surface area contributed by atoms with Crippen LogP contribution in [0.15, 0.2) is 47.4 Å². The van der Waals surface area contributed by atoms with Gasteiger partial charge in [-0.1, -0.05) is 24.3 Å². The van der Waals surface area contributed by atoms with Gasteiger partial charge in [-0.15, -0.1) is 0 Å². The molecule has 3 rings (SSSR count). The molecule has 6 nitrogen and oxygen atoms in total. The van der Waals surface area contributed by atoms with Gasteiger partial charge in [-0.25, -0.2) is 12.8 Å². The third kappa shape index (κ3) is 3.17. The lowest BCUT2D eigenvalue weighted by atomic mass is 10.0. The van der Waals surface area contributed by atoms with Gasteiger partial charge in [0, 0.05) is 18.7 Å². The Labute approximate surface area is 151 Å². The van der Waals surface area contributed by atoms with E-state index >= 15 is 0 Å². The fourth-order valence-corrected chi connectivity index (χ4v) is 4.82. The summed E-state index contributed by atoms with van der Waals surface area (Å²) in [5.74, 6) is -1.02. The number of carbonyl (C=O) groups excluding carboxylic acids is 1. The van der Waals surface area contributed by atoms with Crippen molar-refractivity contribution < 1.29 is 22.3 Å². The highest BCUT2D eigenvalue weighted by Crippen LogP contribution is 2.34. The van der Waals surface area contributed by atoms with Gasteiger partial charge in [0.15, 0.2) is 0 Å². The molecule has 1 N–H and O–H groups in total. The Kier molecular flexibility index (Phi) is 4.97. The molecule has 0 aromatic heterocycles. The number of ether oxygens (including phenoxy) is 1. The van der Waals surface area contributed by atoms with Gasteiger partial charge in [0.1, 0.15) is 22.5 Å². The highest BCUT2D eigenvalue weighted by Gasteiger charge is 2.41. The minimum Gasteiger partial charge on any atom is -0.495 e. The first kappa shape index (κ1) is 18.3. The summed E-state index contributed by atoms with van der Waals surface area (Å²) in [6.07, 6.45) is 0. The first-order valence-electron chi connectivity index (χ1n) is 8.05. The molecule has 1 aliphatic heterocycles. The summed E-state index contributed by atoms with van der Waals surface area (Å²) in [4.78, 5) is 12.4. The van der Waals surface area contributed by atoms with Crippen LogP contribution in [0.25, 0.3) is 0 Å². The maximum atomic E-state index is 14.3. The monoisotopic (exact) mass is 378 g/mol. The van der Waals surface area contributed by atoms with Crippen LogP contribution in [0.4, 0.5) is 4.39 Å². The van der Waals surface area contributed by atoms with Gasteiger partial charge in [-0.2, -0.15) is 4.31 Å². The standard InChI is InChI=1S/C18H19FN2O4S/c1-12-7-8-15(25-2)16(11-12)26(23,24)21-10-9-20-18(22)17(21)13-5-3-4-6-14(13)19/h3-8,11,17H,9-10H2,1-2H3,(H,20,22). The number of aryl methyl sites for hydroxylation is 1. The SMILES string of the molecule is COc1ccc(C)cc1S(=O)(=O)N1CCNC(=O)C1c1ccccc1F. The van der Waals surface area contributed by atoms with Crippen LogP contribution in [0.3, 0.4) is 0 Å². The van der Waals surface area contributed by atoms with E-state index in [4.69, 9.17) is 4.74 Å². The summed E-state index contributed by atoms with van der Waals surface area (Å²) < 4.78 is 47.1. The molecular weight excluding hydrogens is 359 g/mol. The maximum absolute atomic E-state index is 14.3. The lowest BCUT2D eigenvalue weighted by Crippen LogP contribution is -2.52. The van der Waals surface area contributed by atoms with E-state index < -0.39 is 27.8 Å². The van der Waals surface area contributed by atoms with E-state index in [1.54, 1.807) is 25.1 Å². The van der Waals surface area contributed by atoms with Gasteiger partial charge >= 0.3 is 0 Å². The minimum atomic E-state index is -4.09. The van der Waals surface area contributed by atoms with E-state index in [-0.39, 0.29) is 29.3 Å². The second-order valence-corrected chi connectivity index (χ2v) is 7.84. The molecule has 26 heavy (non-hydrogen) atoms. The predicted octanol–water partition coefficient (Wildman–Crippen LogP) is 2.00. The van der Waals surface area contributed by atoms with E-state index in [0.717, 1.165) is 9.87 Å². The number of amides is 1. The van der Waals surface area contributed by atoms with Crippen molar-refractivity contribution in [3.63, 3.8) is 0 Å². The van der Waals surface area contributed by atoms with Crippen LogP contribution in [0.5, 0.6) is 5.75 Å². The van der Waals surface area contributed by atoms with Crippen molar-refractivity contribution in [3.05, 3.63) is 59.4 Å². The fourth-order valence-electron chi connectivity index (χ4n) is 3.01. The molecule has 0 bridgehead atoms. The van der Waals surface area contributed by atoms with Gasteiger partial charge in [0.25, 0.3) is 0 Å². The van der Waals surface area contributed by atoms with Crippen LogP contribution in [0.2, 0.25) is 0 Å². The van der Waals surface area contributed by atoms with E-state index in [2.05, 4.69) is 5.32 Å². The molecule has 1 saturated heterocycles. The summed E-state index contributed by atoms with van der Waals surface area (Å²) in [6.45, 7) is 1.94. The number of carbonyl (C=O) groups is 1. The Morgan fingerprint density at radius 2 is 1.96 bits per heavy atom. The van der Waals surface area contributed by atoms with Crippen LogP contribution in [0, 0.1) is 12.7 Å². The third-order valence-corrected chi connectivity index (χ3v) is 6.16. The highest BCUT2D eigenvalue weighted by atomic mass is 32.2. The molecule has 0 radical (unpaired) electrons. The second kappa shape index (κ2) is 7.05. The Bertz CT molecular complexity index is 946. The Morgan fingerprint density at radius 3 is 2.65 bits per heavy atom. The number of hydrogen-bond donors (Lipinski definition) is 1. The Hall–Kier alpha value is -2.45. The zero-order valence-electron chi connectivity index (χ0n) is 14.4. The quantitative estimate of drug-likeness (QED) is 0.883. The van der Waals surface area contributed by atoms with Crippen molar-refractivity contribution in [1.29, 1.82) is 0 Å². The smallest absolute Gasteiger partial charge is 0.247 e. The number of halogens is 1. The molecule has 138 valence electrons. The number of sulfonamides is 1. The Balaban J connectivity index is 2.15. The van der Waals surface area contributed by atoms with Crippen molar-refractivity contribution in [2.24, 2.45) is 0 Å². The number of nitrogens with one attached hydrogen (secondary N) is 1. The summed E-state index contributed by atoms with van der Waals surface area (Å²) in [7, 11) is -2.72. The Morgan fingerprint density at radius 1 is 1.23 bits per heavy atom. The molecule has 0 aliphatic carbocycles. The zero-order chi connectivity index (χ0) is 18.9. The molecule has 1 atom stereocenters. The van der Waals surface area contributed by atoms with Crippen LogP contribution in [-0.2, 0) is 14.8 Å². The molecular formula is C18H19FN2O4S. The summed E-state index contributed by atoms with van der Waals surface area (Å²) >= 11 is 0. The van der Waals surface area contributed by atoms with Crippen molar-refractivity contribution in [1.82, 2.24) is 9.62 Å². The number of rotatable bonds is 4. The molecule has 1 heterocycles. The molecule has 8 heteroatoms. The first-order valence-corrected chi connectivity index (χ1v) is 9.49. The van der Waals surface area contributed by atoms with E-state index in [1.807, 2.05) is 0 Å². The molecule has 0 saturated carbocycles. The summed E-state index contributed by atoms with van der Waals surface area (Å²) in [6, 6.07) is 9.18. The molecule has 2 aromatic rings. The van der Waals surface area contributed by atoms with E-state index in [9.17, 15) is 17.6 Å². The molecule has 1 aliphatic rings. The van der Waals surface area contributed by atoms with Crippen molar-refractivity contribution in [3.8, 4) is 5.75 Å². The number of piperazine rings is 1. The van der Waals surface area contributed by atoms with Gasteiger partial charge in [-0.05, 0) is 30.7 Å². The normalized spacial score (nSPS) is 18.4. The average molecular weight is 378 g/mol. The summed E-state index contributed by atoms with van der Waals surface area (Å²) in [5.41, 5.74) is 0.744. The number of methoxy groups -OCH3 is 1. The van der Waals surface area contributed by atoms with Crippen LogP contribution in [-0.4, -0.2) is 38.8 Å². The third-order valence-electron chi connectivity index (χ3n) is 4.27. The van der Waals surface area contributed by atoms with Gasteiger partial charge < -0.3 is 10.1 Å². The maximum Gasteiger partial charge on any atom is 0.247 e. The molecule has 1 amide bonds. The largest absolute Gasteiger partial charge is 0.495 e. The number of nitrogens with zero attached hydrogens (tertiary/aromatic N) is 1. The highest BCUT2D eigenvalue weighted by molar-refractivity contribution is 7.89. The first-order chi connectivity index (χ1) is 12.4. The van der Waals surface area contributed by atoms with E-state index in [0.29, 0.717) is 0 Å². The fraction of sp³-hybridized carbons (Fsp3) is 0.278. The minimum absolute atomic E-state index is 0.0138. The lowest BCUT2D eigenvalue weighted by molar-refractivity contribution is -0.127. The van der Waals surface area contributed by atoms with Gasteiger partial charge in [0.05, 0.1) is 7.11 Å². The van der Waals surface area contributed by atoms with Crippen LogP contribution >= 0.6 is 0 Å². The number of hydrogen-bond acceptors (Lipinski definition) is 4. The second-order valence-electron chi connectivity index (χ2n) is 5.99. The van der Waals surface area contributed by atoms with E-state index in [1.165, 1.54) is 31.4 Å². The predicted molar refractivity (Wildman–Crippen MR) is 93.8 cm³/mol. The topological polar surface area (TPSA) is 75.7 Å². The van der Waals surface area contributed by atoms with Crippen molar-refractivity contribution in [2.45, 2.75) is 17.9 Å². The summed E-state index contributed by atoms with van der Waals surface area (Å²) in [5, 5.41) is 2.61. The molecule has 1 unspecified atom stereocenters. The van der Waals surface area contributed by atoms with Gasteiger partial charge in [-0.3, -0.25) is 4.79 Å². The lowest BCUT2D eigenvalue weighted by Gasteiger charge is -2.34. The number of benzene rings is 2. The van der Waals surface area contributed by atoms with Crippen molar-refractivity contribution >= 4 is 15.9 Å². The van der Waals surface area contributed by atoms with Crippen LogP contribution in [0.1, 0.15) is 17.2 Å².